The summed E-state index contributed by atoms with van der Waals surface area (Å²) in [6.45, 7) is 4.49. The van der Waals surface area contributed by atoms with E-state index in [2.05, 4.69) is 19.2 Å². The number of carbonyl (C=O) groups is 1. The van der Waals surface area contributed by atoms with Crippen molar-refractivity contribution in [2.45, 2.75) is 52.0 Å². The van der Waals surface area contributed by atoms with Gasteiger partial charge < -0.3 is 5.32 Å². The zero-order chi connectivity index (χ0) is 10.1. The highest BCUT2D eigenvalue weighted by molar-refractivity contribution is 5.96. The number of hydrogen-bond acceptors (Lipinski definition) is 2. The molecule has 0 aromatic rings. The lowest BCUT2D eigenvalue weighted by Crippen LogP contribution is -2.39. The van der Waals surface area contributed by atoms with E-state index in [0.717, 1.165) is 37.7 Å². The van der Waals surface area contributed by atoms with Gasteiger partial charge in [0.15, 0.2) is 5.78 Å². The molecule has 2 rings (SSSR count). The number of allylic oxidation sites excluding steroid dienone is 2. The molecule has 1 aliphatic heterocycles. The number of nitrogens with one attached hydrogen (secondary N) is 1. The first-order valence-corrected chi connectivity index (χ1v) is 5.70. The third-order valence-corrected chi connectivity index (χ3v) is 3.40. The van der Waals surface area contributed by atoms with Crippen LogP contribution in [0.3, 0.4) is 0 Å². The highest BCUT2D eigenvalue weighted by Gasteiger charge is 2.27. The summed E-state index contributed by atoms with van der Waals surface area (Å²) in [6, 6.07) is 0.583. The second kappa shape index (κ2) is 3.76. The normalized spacial score (nSPS) is 27.6. The van der Waals surface area contributed by atoms with Crippen molar-refractivity contribution in [1.29, 1.82) is 0 Å². The molecule has 0 saturated carbocycles. The van der Waals surface area contributed by atoms with Gasteiger partial charge in [-0.1, -0.05) is 13.8 Å². The maximum atomic E-state index is 11.6. The molecule has 0 fully saturated rings. The molecular weight excluding hydrogens is 174 g/mol. The molecule has 2 aliphatic rings. The lowest BCUT2D eigenvalue weighted by molar-refractivity contribution is -0.116. The molecule has 0 unspecified atom stereocenters. The summed E-state index contributed by atoms with van der Waals surface area (Å²) in [4.78, 5) is 11.6. The Kier molecular flexibility index (Phi) is 2.62. The largest absolute Gasteiger partial charge is 0.385 e. The minimum atomic E-state index is 0.390. The van der Waals surface area contributed by atoms with Crippen molar-refractivity contribution in [3.8, 4) is 0 Å². The van der Waals surface area contributed by atoms with E-state index in [4.69, 9.17) is 0 Å². The van der Waals surface area contributed by atoms with Gasteiger partial charge in [-0.05, 0) is 31.6 Å². The van der Waals surface area contributed by atoms with E-state index in [0.29, 0.717) is 17.7 Å². The fraction of sp³-hybridized carbons (Fsp3) is 0.750. The van der Waals surface area contributed by atoms with Crippen molar-refractivity contribution in [2.75, 3.05) is 0 Å². The third kappa shape index (κ3) is 1.70. The van der Waals surface area contributed by atoms with Crippen molar-refractivity contribution in [3.05, 3.63) is 11.3 Å². The van der Waals surface area contributed by atoms with Gasteiger partial charge in [-0.3, -0.25) is 4.79 Å². The first-order chi connectivity index (χ1) is 6.68. The molecule has 1 heterocycles. The van der Waals surface area contributed by atoms with E-state index in [1.165, 1.54) is 5.70 Å². The summed E-state index contributed by atoms with van der Waals surface area (Å²) in [5.41, 5.74) is 2.36. The zero-order valence-corrected chi connectivity index (χ0v) is 9.10. The molecule has 1 aliphatic carbocycles. The van der Waals surface area contributed by atoms with E-state index in [9.17, 15) is 4.79 Å². The van der Waals surface area contributed by atoms with Crippen molar-refractivity contribution in [1.82, 2.24) is 5.32 Å². The fourth-order valence-electron chi connectivity index (χ4n) is 2.44. The van der Waals surface area contributed by atoms with Crippen LogP contribution in [0, 0.1) is 5.92 Å². The molecule has 0 spiro atoms. The van der Waals surface area contributed by atoms with Gasteiger partial charge in [0, 0.05) is 23.7 Å². The standard InChI is InChI=1S/C12H19NO/c1-8(2)10-7-6-9-11(13-10)4-3-5-12(9)14/h8,10,13H,3-7H2,1-2H3/t10-/m1/s1. The van der Waals surface area contributed by atoms with Crippen LogP contribution in [0.2, 0.25) is 0 Å². The molecule has 0 aromatic carbocycles. The van der Waals surface area contributed by atoms with Crippen LogP contribution in [0.15, 0.2) is 11.3 Å². The SMILES string of the molecule is CC(C)[C@H]1CCC2=C(CCCC2=O)N1. The van der Waals surface area contributed by atoms with E-state index in [-0.39, 0.29) is 0 Å². The van der Waals surface area contributed by atoms with Gasteiger partial charge in [0.25, 0.3) is 0 Å². The smallest absolute Gasteiger partial charge is 0.160 e. The predicted molar refractivity (Wildman–Crippen MR) is 56.9 cm³/mol. The lowest BCUT2D eigenvalue weighted by Gasteiger charge is -2.33. The molecule has 78 valence electrons. The van der Waals surface area contributed by atoms with Crippen LogP contribution in [0.25, 0.3) is 0 Å². The monoisotopic (exact) mass is 193 g/mol. The van der Waals surface area contributed by atoms with Gasteiger partial charge in [-0.15, -0.1) is 0 Å². The fourth-order valence-corrected chi connectivity index (χ4v) is 2.44. The molecule has 14 heavy (non-hydrogen) atoms. The second-order valence-electron chi connectivity index (χ2n) is 4.77. The predicted octanol–water partition coefficient (Wildman–Crippen LogP) is 2.40. The number of hydrogen-bond donors (Lipinski definition) is 1. The topological polar surface area (TPSA) is 29.1 Å². The summed E-state index contributed by atoms with van der Waals surface area (Å²) in [5, 5.41) is 3.54. The Bertz CT molecular complexity index is 278. The first-order valence-electron chi connectivity index (χ1n) is 5.70. The van der Waals surface area contributed by atoms with Crippen LogP contribution in [-0.2, 0) is 4.79 Å². The molecular formula is C12H19NO. The van der Waals surface area contributed by atoms with E-state index < -0.39 is 0 Å². The Balaban J connectivity index is 2.15. The van der Waals surface area contributed by atoms with Crippen LogP contribution < -0.4 is 5.32 Å². The van der Waals surface area contributed by atoms with Crippen molar-refractivity contribution < 1.29 is 4.79 Å². The van der Waals surface area contributed by atoms with Crippen LogP contribution in [0.4, 0.5) is 0 Å². The van der Waals surface area contributed by atoms with Crippen molar-refractivity contribution in [2.24, 2.45) is 5.92 Å². The number of rotatable bonds is 1. The molecule has 0 amide bonds. The van der Waals surface area contributed by atoms with Gasteiger partial charge in [0.05, 0.1) is 0 Å². The Labute approximate surface area is 85.8 Å². The third-order valence-electron chi connectivity index (χ3n) is 3.40. The highest BCUT2D eigenvalue weighted by Crippen LogP contribution is 2.30. The lowest BCUT2D eigenvalue weighted by atomic mass is 9.84. The van der Waals surface area contributed by atoms with E-state index in [1.807, 2.05) is 0 Å². The highest BCUT2D eigenvalue weighted by atomic mass is 16.1. The van der Waals surface area contributed by atoms with Crippen molar-refractivity contribution >= 4 is 5.78 Å². The summed E-state index contributed by atoms with van der Waals surface area (Å²) >= 11 is 0. The number of carbonyl (C=O) groups excluding carboxylic acids is 1. The minimum Gasteiger partial charge on any atom is -0.385 e. The van der Waals surface area contributed by atoms with Gasteiger partial charge in [-0.25, -0.2) is 0 Å². The van der Waals surface area contributed by atoms with Crippen LogP contribution in [-0.4, -0.2) is 11.8 Å². The maximum absolute atomic E-state index is 11.6. The average molecular weight is 193 g/mol. The molecule has 0 saturated heterocycles. The maximum Gasteiger partial charge on any atom is 0.160 e. The average Bonchev–Trinajstić information content (AvgIpc) is 2.17. The van der Waals surface area contributed by atoms with Crippen LogP contribution in [0.5, 0.6) is 0 Å². The Morgan fingerprint density at radius 3 is 2.79 bits per heavy atom. The Morgan fingerprint density at radius 2 is 2.07 bits per heavy atom. The first kappa shape index (κ1) is 9.75. The van der Waals surface area contributed by atoms with Gasteiger partial charge in [0.2, 0.25) is 0 Å². The van der Waals surface area contributed by atoms with E-state index >= 15 is 0 Å². The Hall–Kier alpha value is -0.790. The summed E-state index contributed by atoms with van der Waals surface area (Å²) < 4.78 is 0. The number of Topliss-reactive ketones (excluding diaryl/α,β-unsaturated/α-hetero) is 1. The minimum absolute atomic E-state index is 0.390. The van der Waals surface area contributed by atoms with Gasteiger partial charge >= 0.3 is 0 Å². The molecule has 0 aromatic heterocycles. The molecule has 0 bridgehead atoms. The number of ketones is 1. The molecule has 0 radical (unpaired) electrons. The zero-order valence-electron chi connectivity index (χ0n) is 9.10. The van der Waals surface area contributed by atoms with E-state index in [1.54, 1.807) is 0 Å². The second-order valence-corrected chi connectivity index (χ2v) is 4.77. The summed E-state index contributed by atoms with van der Waals surface area (Å²) in [7, 11) is 0. The summed E-state index contributed by atoms with van der Waals surface area (Å²) in [5.74, 6) is 1.06. The van der Waals surface area contributed by atoms with Gasteiger partial charge in [-0.2, -0.15) is 0 Å². The Morgan fingerprint density at radius 1 is 1.29 bits per heavy atom. The molecule has 2 nitrogen and oxygen atoms in total. The quantitative estimate of drug-likeness (QED) is 0.693. The van der Waals surface area contributed by atoms with Crippen LogP contribution in [0.1, 0.15) is 46.0 Å². The molecule has 1 N–H and O–H groups in total. The van der Waals surface area contributed by atoms with Crippen molar-refractivity contribution in [3.63, 3.8) is 0 Å². The summed E-state index contributed by atoms with van der Waals surface area (Å²) in [6.07, 6.45) is 5.03. The van der Waals surface area contributed by atoms with Gasteiger partial charge in [0.1, 0.15) is 0 Å². The molecule has 2 heteroatoms. The molecule has 1 atom stereocenters. The van der Waals surface area contributed by atoms with Crippen LogP contribution >= 0.6 is 0 Å².